The first kappa shape index (κ1) is 18.3. The number of aryl methyl sites for hydroxylation is 1. The van der Waals surface area contributed by atoms with E-state index in [0.717, 1.165) is 12.0 Å². The molecule has 1 N–H and O–H groups in total. The van der Waals surface area contributed by atoms with Crippen LogP contribution in [0.4, 0.5) is 5.13 Å². The highest BCUT2D eigenvalue weighted by atomic mass is 32.2. The lowest BCUT2D eigenvalue weighted by atomic mass is 10.1. The summed E-state index contributed by atoms with van der Waals surface area (Å²) in [6.07, 6.45) is 2.10. The molecule has 0 atom stereocenters. The van der Waals surface area contributed by atoms with Crippen molar-refractivity contribution in [3.05, 3.63) is 65.0 Å². The van der Waals surface area contributed by atoms with Crippen molar-refractivity contribution in [2.45, 2.75) is 18.2 Å². The summed E-state index contributed by atoms with van der Waals surface area (Å²) in [6, 6.07) is 14.0. The molecule has 0 aliphatic carbocycles. The number of thiazole rings is 1. The number of sulfone groups is 1. The fraction of sp³-hybridized carbons (Fsp3) is 0.158. The van der Waals surface area contributed by atoms with Gasteiger partial charge in [-0.05, 0) is 36.2 Å². The van der Waals surface area contributed by atoms with Crippen molar-refractivity contribution in [3.8, 4) is 11.3 Å². The third-order valence-corrected chi connectivity index (χ3v) is 5.81. The van der Waals surface area contributed by atoms with Crippen molar-refractivity contribution < 1.29 is 13.2 Å². The number of benzene rings is 2. The molecule has 0 aliphatic rings. The molecule has 0 spiro atoms. The van der Waals surface area contributed by atoms with E-state index >= 15 is 0 Å². The molecule has 0 saturated carbocycles. The monoisotopic (exact) mass is 386 g/mol. The molecule has 2 aromatic carbocycles. The molecule has 7 heteroatoms. The molecule has 0 bridgehead atoms. The van der Waals surface area contributed by atoms with Crippen LogP contribution in [0.25, 0.3) is 11.3 Å². The van der Waals surface area contributed by atoms with E-state index in [1.807, 2.05) is 17.5 Å². The summed E-state index contributed by atoms with van der Waals surface area (Å²) in [5.74, 6) is -0.207. The molecule has 0 saturated heterocycles. The molecule has 1 aromatic heterocycles. The van der Waals surface area contributed by atoms with Crippen molar-refractivity contribution >= 4 is 32.2 Å². The topological polar surface area (TPSA) is 76.1 Å². The smallest absolute Gasteiger partial charge is 0.257 e. The lowest BCUT2D eigenvalue weighted by Crippen LogP contribution is -2.11. The Bertz CT molecular complexity index is 1020. The first-order chi connectivity index (χ1) is 12.4. The van der Waals surface area contributed by atoms with Gasteiger partial charge in [-0.3, -0.25) is 10.1 Å². The Morgan fingerprint density at radius 2 is 1.73 bits per heavy atom. The number of carbonyl (C=O) groups excluding carboxylic acids is 1. The van der Waals surface area contributed by atoms with Crippen molar-refractivity contribution in [1.29, 1.82) is 0 Å². The van der Waals surface area contributed by atoms with Gasteiger partial charge >= 0.3 is 0 Å². The van der Waals surface area contributed by atoms with Crippen LogP contribution >= 0.6 is 11.3 Å². The second-order valence-corrected chi connectivity index (χ2v) is 8.71. The number of aromatic nitrogens is 1. The summed E-state index contributed by atoms with van der Waals surface area (Å²) in [4.78, 5) is 17.0. The Morgan fingerprint density at radius 3 is 2.31 bits per heavy atom. The maximum atomic E-state index is 12.3. The van der Waals surface area contributed by atoms with Crippen LogP contribution in [0.2, 0.25) is 0 Å². The minimum Gasteiger partial charge on any atom is -0.298 e. The van der Waals surface area contributed by atoms with Crippen LogP contribution in [0.15, 0.2) is 58.8 Å². The van der Waals surface area contributed by atoms with E-state index in [2.05, 4.69) is 17.2 Å². The summed E-state index contributed by atoms with van der Waals surface area (Å²) in [5, 5.41) is 5.12. The van der Waals surface area contributed by atoms with Gasteiger partial charge in [-0.15, -0.1) is 11.3 Å². The maximum absolute atomic E-state index is 12.3. The first-order valence-corrected chi connectivity index (χ1v) is 10.8. The standard InChI is InChI=1S/C19H18N2O3S2/c1-3-13-4-6-15(7-5-13)18(22)21-19-20-17(12-25-19)14-8-10-16(11-9-14)26(2,23)24/h4-12H,3H2,1-2H3,(H,20,21,22). The minimum absolute atomic E-state index is 0.207. The van der Waals surface area contributed by atoms with E-state index in [4.69, 9.17) is 0 Å². The molecular formula is C19H18N2O3S2. The van der Waals surface area contributed by atoms with Gasteiger partial charge in [0.25, 0.3) is 5.91 Å². The molecule has 5 nitrogen and oxygen atoms in total. The van der Waals surface area contributed by atoms with E-state index in [1.165, 1.54) is 23.2 Å². The van der Waals surface area contributed by atoms with E-state index in [-0.39, 0.29) is 10.8 Å². The Hall–Kier alpha value is -2.51. The Balaban J connectivity index is 1.74. The molecule has 0 unspecified atom stereocenters. The van der Waals surface area contributed by atoms with Gasteiger partial charge in [0.15, 0.2) is 15.0 Å². The summed E-state index contributed by atoms with van der Waals surface area (Å²) in [6.45, 7) is 2.06. The molecule has 0 fully saturated rings. The van der Waals surface area contributed by atoms with Crippen molar-refractivity contribution in [2.24, 2.45) is 0 Å². The number of amides is 1. The number of hydrogen-bond acceptors (Lipinski definition) is 5. The lowest BCUT2D eigenvalue weighted by molar-refractivity contribution is 0.102. The zero-order valence-corrected chi connectivity index (χ0v) is 16.0. The Labute approximate surface area is 156 Å². The van der Waals surface area contributed by atoms with E-state index in [1.54, 1.807) is 36.4 Å². The van der Waals surface area contributed by atoms with Crippen molar-refractivity contribution in [2.75, 3.05) is 11.6 Å². The number of nitrogens with zero attached hydrogens (tertiary/aromatic N) is 1. The lowest BCUT2D eigenvalue weighted by Gasteiger charge is -2.03. The van der Waals surface area contributed by atoms with Gasteiger partial charge in [0.1, 0.15) is 0 Å². The third-order valence-electron chi connectivity index (χ3n) is 3.93. The molecule has 3 aromatic rings. The summed E-state index contributed by atoms with van der Waals surface area (Å²) >= 11 is 1.32. The molecular weight excluding hydrogens is 368 g/mol. The van der Waals surface area contributed by atoms with Gasteiger partial charge in [-0.1, -0.05) is 31.2 Å². The molecule has 1 heterocycles. The van der Waals surface area contributed by atoms with Gasteiger partial charge in [0, 0.05) is 22.8 Å². The van der Waals surface area contributed by atoms with E-state index < -0.39 is 9.84 Å². The second kappa shape index (κ2) is 7.39. The van der Waals surface area contributed by atoms with Crippen LogP contribution in [-0.4, -0.2) is 25.6 Å². The number of rotatable bonds is 5. The van der Waals surface area contributed by atoms with Crippen LogP contribution in [0.1, 0.15) is 22.8 Å². The van der Waals surface area contributed by atoms with Crippen LogP contribution in [0.5, 0.6) is 0 Å². The SMILES string of the molecule is CCc1ccc(C(=O)Nc2nc(-c3ccc(S(C)(=O)=O)cc3)cs2)cc1. The fourth-order valence-corrected chi connectivity index (χ4v) is 3.74. The van der Waals surface area contributed by atoms with Crippen LogP contribution in [-0.2, 0) is 16.3 Å². The predicted molar refractivity (Wildman–Crippen MR) is 104 cm³/mol. The summed E-state index contributed by atoms with van der Waals surface area (Å²) in [5.41, 5.74) is 3.24. The minimum atomic E-state index is -3.22. The number of anilines is 1. The van der Waals surface area contributed by atoms with Gasteiger partial charge in [-0.25, -0.2) is 13.4 Å². The van der Waals surface area contributed by atoms with Crippen LogP contribution in [0, 0.1) is 0 Å². The molecule has 0 radical (unpaired) electrons. The largest absolute Gasteiger partial charge is 0.298 e. The number of carbonyl (C=O) groups is 1. The first-order valence-electron chi connectivity index (χ1n) is 8.03. The fourth-order valence-electron chi connectivity index (χ4n) is 2.40. The third kappa shape index (κ3) is 4.17. The van der Waals surface area contributed by atoms with Crippen molar-refractivity contribution in [1.82, 2.24) is 4.98 Å². The number of nitrogens with one attached hydrogen (secondary N) is 1. The molecule has 134 valence electrons. The molecule has 3 rings (SSSR count). The highest BCUT2D eigenvalue weighted by Crippen LogP contribution is 2.26. The average molecular weight is 386 g/mol. The van der Waals surface area contributed by atoms with E-state index in [9.17, 15) is 13.2 Å². The summed E-state index contributed by atoms with van der Waals surface area (Å²) in [7, 11) is -3.22. The highest BCUT2D eigenvalue weighted by molar-refractivity contribution is 7.90. The van der Waals surface area contributed by atoms with Gasteiger partial charge in [0.2, 0.25) is 0 Å². The predicted octanol–water partition coefficient (Wildman–Crippen LogP) is 4.03. The van der Waals surface area contributed by atoms with Gasteiger partial charge in [0.05, 0.1) is 10.6 Å². The Kier molecular flexibility index (Phi) is 5.20. The quantitative estimate of drug-likeness (QED) is 0.718. The molecule has 1 amide bonds. The van der Waals surface area contributed by atoms with Gasteiger partial charge < -0.3 is 0 Å². The zero-order valence-electron chi connectivity index (χ0n) is 14.4. The normalized spacial score (nSPS) is 11.3. The summed E-state index contributed by atoms with van der Waals surface area (Å²) < 4.78 is 23.0. The number of hydrogen-bond donors (Lipinski definition) is 1. The van der Waals surface area contributed by atoms with E-state index in [0.29, 0.717) is 16.4 Å². The Morgan fingerprint density at radius 1 is 1.08 bits per heavy atom. The highest BCUT2D eigenvalue weighted by Gasteiger charge is 2.11. The molecule has 0 aliphatic heterocycles. The molecule has 26 heavy (non-hydrogen) atoms. The van der Waals surface area contributed by atoms with Crippen LogP contribution < -0.4 is 5.32 Å². The van der Waals surface area contributed by atoms with Crippen molar-refractivity contribution in [3.63, 3.8) is 0 Å². The average Bonchev–Trinajstić information content (AvgIpc) is 3.09. The second-order valence-electron chi connectivity index (χ2n) is 5.84. The zero-order chi connectivity index (χ0) is 18.7. The maximum Gasteiger partial charge on any atom is 0.257 e. The van der Waals surface area contributed by atoms with Crippen LogP contribution in [0.3, 0.4) is 0 Å². The van der Waals surface area contributed by atoms with Gasteiger partial charge in [-0.2, -0.15) is 0 Å².